The summed E-state index contributed by atoms with van der Waals surface area (Å²) in [4.78, 5) is 17.4. The summed E-state index contributed by atoms with van der Waals surface area (Å²) in [5.41, 5.74) is 4.44. The number of halogens is 3. The minimum absolute atomic E-state index is 0.219. The number of carbonyl (C=O) groups is 1. The quantitative estimate of drug-likeness (QED) is 0.290. The monoisotopic (exact) mass is 572 g/mol. The summed E-state index contributed by atoms with van der Waals surface area (Å²) >= 11 is 15.6. The second-order valence-electron chi connectivity index (χ2n) is 7.81. The predicted molar refractivity (Wildman–Crippen MR) is 138 cm³/mol. The third kappa shape index (κ3) is 4.56. The van der Waals surface area contributed by atoms with Gasteiger partial charge in [-0.1, -0.05) is 29.3 Å². The zero-order valence-electron chi connectivity index (χ0n) is 18.7. The van der Waals surface area contributed by atoms with Crippen molar-refractivity contribution in [2.75, 3.05) is 5.32 Å². The van der Waals surface area contributed by atoms with E-state index in [9.17, 15) is 4.79 Å². The van der Waals surface area contributed by atoms with Crippen LogP contribution in [0.2, 0.25) is 10.0 Å². The lowest BCUT2D eigenvalue weighted by molar-refractivity contribution is 0.102. The molecule has 0 bridgehead atoms. The Bertz CT molecular complexity index is 1570. The van der Waals surface area contributed by atoms with Gasteiger partial charge in [0.15, 0.2) is 17.2 Å². The van der Waals surface area contributed by atoms with Crippen LogP contribution in [0.25, 0.3) is 16.9 Å². The summed E-state index contributed by atoms with van der Waals surface area (Å²) < 4.78 is 5.88. The summed E-state index contributed by atoms with van der Waals surface area (Å²) in [5.74, 6) is -0.0247. The first-order chi connectivity index (χ1) is 16.8. The van der Waals surface area contributed by atoms with E-state index in [2.05, 4.69) is 41.5 Å². The van der Waals surface area contributed by atoms with E-state index in [4.69, 9.17) is 23.2 Å². The van der Waals surface area contributed by atoms with Crippen LogP contribution in [0.3, 0.4) is 0 Å². The van der Waals surface area contributed by atoms with Crippen molar-refractivity contribution in [3.63, 3.8) is 0 Å². The van der Waals surface area contributed by atoms with Crippen LogP contribution in [0.15, 0.2) is 53.4 Å². The van der Waals surface area contributed by atoms with E-state index in [0.717, 1.165) is 29.1 Å². The van der Waals surface area contributed by atoms with Crippen molar-refractivity contribution < 1.29 is 4.79 Å². The van der Waals surface area contributed by atoms with Gasteiger partial charge in [0, 0.05) is 36.3 Å². The van der Waals surface area contributed by atoms with Crippen molar-refractivity contribution in [1.29, 1.82) is 0 Å². The van der Waals surface area contributed by atoms with Crippen LogP contribution in [0, 0.1) is 6.92 Å². The molecule has 9 nitrogen and oxygen atoms in total. The van der Waals surface area contributed by atoms with Gasteiger partial charge in [-0.3, -0.25) is 14.2 Å². The fraction of sp³-hybridized carbons (Fsp3) is 0.174. The van der Waals surface area contributed by atoms with Crippen LogP contribution in [-0.4, -0.2) is 40.1 Å². The van der Waals surface area contributed by atoms with Gasteiger partial charge in [-0.05, 0) is 53.5 Å². The molecule has 1 amide bonds. The molecule has 0 aliphatic heterocycles. The lowest BCUT2D eigenvalue weighted by Gasteiger charge is -2.05. The molecule has 4 heterocycles. The Hall–Kier alpha value is -3.21. The molecule has 35 heavy (non-hydrogen) atoms. The Balaban J connectivity index is 1.39. The first kappa shape index (κ1) is 23.5. The van der Waals surface area contributed by atoms with Gasteiger partial charge in [0.05, 0.1) is 33.0 Å². The van der Waals surface area contributed by atoms with Gasteiger partial charge in [-0.25, -0.2) is 9.50 Å². The van der Waals surface area contributed by atoms with Crippen molar-refractivity contribution in [2.24, 2.45) is 0 Å². The van der Waals surface area contributed by atoms with Crippen LogP contribution in [0.5, 0.6) is 0 Å². The Morgan fingerprint density at radius 2 is 1.97 bits per heavy atom. The van der Waals surface area contributed by atoms with Crippen molar-refractivity contribution in [3.8, 4) is 11.3 Å². The molecule has 12 heteroatoms. The molecule has 4 aromatic heterocycles. The number of nitrogens with zero attached hydrogens (tertiary/aromatic N) is 7. The molecule has 0 aliphatic rings. The highest BCUT2D eigenvalue weighted by atomic mass is 79.9. The molecule has 0 saturated heterocycles. The fourth-order valence-corrected chi connectivity index (χ4v) is 4.52. The van der Waals surface area contributed by atoms with Gasteiger partial charge < -0.3 is 5.32 Å². The summed E-state index contributed by atoms with van der Waals surface area (Å²) in [7, 11) is 0. The average Bonchev–Trinajstić information content (AvgIpc) is 3.53. The third-order valence-electron chi connectivity index (χ3n) is 5.55. The number of hydrogen-bond acceptors (Lipinski definition) is 5. The molecule has 5 rings (SSSR count). The maximum atomic E-state index is 13.0. The second kappa shape index (κ2) is 9.44. The summed E-state index contributed by atoms with van der Waals surface area (Å²) in [5, 5.41) is 17.2. The Morgan fingerprint density at radius 1 is 1.14 bits per heavy atom. The van der Waals surface area contributed by atoms with Crippen LogP contribution in [0.1, 0.15) is 28.7 Å². The molecule has 0 aliphatic carbocycles. The average molecular weight is 574 g/mol. The molecule has 0 radical (unpaired) electrons. The number of anilines is 1. The highest BCUT2D eigenvalue weighted by Gasteiger charge is 2.18. The molecule has 0 atom stereocenters. The molecule has 1 N–H and O–H groups in total. The number of nitrogens with one attached hydrogen (secondary N) is 1. The van der Waals surface area contributed by atoms with Crippen LogP contribution < -0.4 is 5.32 Å². The molecule has 1 aromatic carbocycles. The number of carbonyl (C=O) groups excluding carboxylic acids is 1. The maximum absolute atomic E-state index is 13.0. The predicted octanol–water partition coefficient (Wildman–Crippen LogP) is 5.49. The number of amides is 1. The van der Waals surface area contributed by atoms with E-state index in [1.54, 1.807) is 46.0 Å². The fourth-order valence-electron chi connectivity index (χ4n) is 3.79. The first-order valence-electron chi connectivity index (χ1n) is 10.7. The molecule has 0 fully saturated rings. The topological polar surface area (TPSA) is 94.9 Å². The standard InChI is InChI=1S/C23H19BrCl2N8O/c1-3-33-13(2)15(10-28-33)20-6-7-27-21-9-19(30-34(20)21)23(35)29-22-16(24)12-32(31-22)11-14-4-5-17(25)18(26)8-14/h4-10,12H,3,11H2,1-2H3,(H,29,31,35). The maximum Gasteiger partial charge on any atom is 0.277 e. The van der Waals surface area contributed by atoms with Gasteiger partial charge >= 0.3 is 0 Å². The molecule has 0 saturated carbocycles. The number of aromatic nitrogens is 7. The highest BCUT2D eigenvalue weighted by molar-refractivity contribution is 9.10. The van der Waals surface area contributed by atoms with E-state index in [-0.39, 0.29) is 5.69 Å². The van der Waals surface area contributed by atoms with Gasteiger partial charge in [0.2, 0.25) is 0 Å². The lowest BCUT2D eigenvalue weighted by Crippen LogP contribution is -2.14. The summed E-state index contributed by atoms with van der Waals surface area (Å²) in [6.45, 7) is 5.25. The molecule has 5 aromatic rings. The van der Waals surface area contributed by atoms with Crippen molar-refractivity contribution >= 4 is 56.5 Å². The second-order valence-corrected chi connectivity index (χ2v) is 9.48. The van der Waals surface area contributed by atoms with Crippen LogP contribution >= 0.6 is 39.1 Å². The SMILES string of the molecule is CCn1ncc(-c2ccnc3cc(C(=O)Nc4nn(Cc5ccc(Cl)c(Cl)c5)cc4Br)nn23)c1C. The van der Waals surface area contributed by atoms with Crippen molar-refractivity contribution in [1.82, 2.24) is 34.2 Å². The van der Waals surface area contributed by atoms with Gasteiger partial charge in [-0.15, -0.1) is 0 Å². The minimum atomic E-state index is -0.400. The number of rotatable bonds is 6. The molecular formula is C23H19BrCl2N8O. The van der Waals surface area contributed by atoms with E-state index in [1.807, 2.05) is 30.7 Å². The van der Waals surface area contributed by atoms with Gasteiger partial charge in [0.25, 0.3) is 5.91 Å². The van der Waals surface area contributed by atoms with Crippen molar-refractivity contribution in [3.05, 3.63) is 80.4 Å². The molecule has 178 valence electrons. The number of hydrogen-bond donors (Lipinski definition) is 1. The highest BCUT2D eigenvalue weighted by Crippen LogP contribution is 2.26. The van der Waals surface area contributed by atoms with E-state index >= 15 is 0 Å². The largest absolute Gasteiger partial charge is 0.303 e. The Morgan fingerprint density at radius 3 is 2.71 bits per heavy atom. The summed E-state index contributed by atoms with van der Waals surface area (Å²) in [6.07, 6.45) is 5.26. The van der Waals surface area contributed by atoms with Crippen molar-refractivity contribution in [2.45, 2.75) is 26.9 Å². The van der Waals surface area contributed by atoms with E-state index < -0.39 is 5.91 Å². The van der Waals surface area contributed by atoms with Crippen LogP contribution in [-0.2, 0) is 13.1 Å². The number of benzene rings is 1. The van der Waals surface area contributed by atoms with E-state index in [0.29, 0.717) is 32.5 Å². The Labute approximate surface area is 218 Å². The lowest BCUT2D eigenvalue weighted by atomic mass is 10.2. The normalized spacial score (nSPS) is 11.3. The zero-order chi connectivity index (χ0) is 24.7. The third-order valence-corrected chi connectivity index (χ3v) is 6.87. The zero-order valence-corrected chi connectivity index (χ0v) is 21.8. The first-order valence-corrected chi connectivity index (χ1v) is 12.2. The smallest absolute Gasteiger partial charge is 0.277 e. The van der Waals surface area contributed by atoms with E-state index in [1.165, 1.54) is 0 Å². The van der Waals surface area contributed by atoms with Gasteiger partial charge in [0.1, 0.15) is 0 Å². The number of fused-ring (bicyclic) bond motifs is 1. The number of aryl methyl sites for hydroxylation is 1. The van der Waals surface area contributed by atoms with Crippen LogP contribution in [0.4, 0.5) is 5.82 Å². The minimum Gasteiger partial charge on any atom is -0.303 e. The van der Waals surface area contributed by atoms with Gasteiger partial charge in [-0.2, -0.15) is 15.3 Å². The Kier molecular flexibility index (Phi) is 6.35. The summed E-state index contributed by atoms with van der Waals surface area (Å²) in [6, 6.07) is 8.88. The molecular weight excluding hydrogens is 555 g/mol. The molecule has 0 spiro atoms. The molecule has 0 unspecified atom stereocenters.